The number of fused-ring (bicyclic) bond motifs is 3. The van der Waals surface area contributed by atoms with Crippen LogP contribution in [0.4, 0.5) is 17.1 Å². The van der Waals surface area contributed by atoms with Gasteiger partial charge in [-0.3, -0.25) is 0 Å². The number of anilines is 3. The van der Waals surface area contributed by atoms with E-state index < -0.39 is 0 Å². The van der Waals surface area contributed by atoms with Crippen molar-refractivity contribution in [3.05, 3.63) is 211 Å². The molecule has 0 atom stereocenters. The lowest BCUT2D eigenvalue weighted by molar-refractivity contribution is 1.05. The van der Waals surface area contributed by atoms with Gasteiger partial charge in [-0.1, -0.05) is 164 Å². The summed E-state index contributed by atoms with van der Waals surface area (Å²) in [5, 5.41) is 4.94. The minimum atomic E-state index is 0.988. The second-order valence-electron chi connectivity index (χ2n) is 12.8. The number of benzene rings is 6. The lowest BCUT2D eigenvalue weighted by Gasteiger charge is -2.29. The van der Waals surface area contributed by atoms with Gasteiger partial charge in [0, 0.05) is 16.8 Å². The summed E-state index contributed by atoms with van der Waals surface area (Å²) < 4.78 is 0. The summed E-state index contributed by atoms with van der Waals surface area (Å²) in [5.74, 6) is 0. The van der Waals surface area contributed by atoms with Gasteiger partial charge >= 0.3 is 0 Å². The van der Waals surface area contributed by atoms with Gasteiger partial charge in [0.05, 0.1) is 5.69 Å². The average molecular weight is 658 g/mol. The fraction of sp³-hybridized carbons (Fsp3) is 0.0800. The highest BCUT2D eigenvalue weighted by Gasteiger charge is 2.20. The molecule has 1 aliphatic rings. The van der Waals surface area contributed by atoms with Gasteiger partial charge in [0.15, 0.2) is 0 Å². The van der Waals surface area contributed by atoms with Crippen LogP contribution >= 0.6 is 0 Å². The summed E-state index contributed by atoms with van der Waals surface area (Å²) in [6, 6.07) is 46.2. The molecule has 0 N–H and O–H groups in total. The molecule has 1 aliphatic carbocycles. The third-order valence-corrected chi connectivity index (χ3v) is 9.62. The van der Waals surface area contributed by atoms with Gasteiger partial charge in [-0.15, -0.1) is 0 Å². The molecule has 6 aromatic rings. The summed E-state index contributed by atoms with van der Waals surface area (Å²) >= 11 is 0. The molecule has 248 valence electrons. The van der Waals surface area contributed by atoms with E-state index in [1.165, 1.54) is 54.9 Å². The van der Waals surface area contributed by atoms with Crippen LogP contribution in [0.2, 0.25) is 0 Å². The fourth-order valence-corrected chi connectivity index (χ4v) is 7.10. The number of allylic oxidation sites excluding steroid dienone is 12. The molecule has 1 heteroatoms. The monoisotopic (exact) mass is 657 g/mol. The van der Waals surface area contributed by atoms with E-state index in [0.29, 0.717) is 0 Å². The smallest absolute Gasteiger partial charge is 0.0546 e. The van der Waals surface area contributed by atoms with Gasteiger partial charge in [-0.25, -0.2) is 0 Å². The molecule has 0 heterocycles. The largest absolute Gasteiger partial charge is 0.310 e. The Morgan fingerprint density at radius 2 is 1.43 bits per heavy atom. The molecule has 0 fully saturated rings. The van der Waals surface area contributed by atoms with Crippen molar-refractivity contribution in [2.24, 2.45) is 0 Å². The standard InChI is InChI=1S/C50H43N/c1-4-18-38(5-2)40-29-31-43(32-30-40)51(50-35-42-24-13-14-26-45(42)47-27-15-16-28-48(47)50)44-33-34-46(49(36-44)41-22-11-8-12-23-41)39(6-3)25-17-21-37-19-9-7-10-20-37/h4-11,13-22,24-36H,3,12,23H2,1-2H3/b18-4-,21-17+,38-5+,39-25+. The second kappa shape index (κ2) is 15.6. The minimum Gasteiger partial charge on any atom is -0.310 e. The number of hydrogen-bond acceptors (Lipinski definition) is 1. The van der Waals surface area contributed by atoms with E-state index in [1.54, 1.807) is 0 Å². The Balaban J connectivity index is 1.44. The van der Waals surface area contributed by atoms with Crippen molar-refractivity contribution in [3.63, 3.8) is 0 Å². The maximum absolute atomic E-state index is 4.25. The van der Waals surface area contributed by atoms with Crippen LogP contribution < -0.4 is 4.90 Å². The molecule has 0 bridgehead atoms. The van der Waals surface area contributed by atoms with Gasteiger partial charge in [-0.2, -0.15) is 0 Å². The van der Waals surface area contributed by atoms with Crippen LogP contribution in [0, 0.1) is 0 Å². The van der Waals surface area contributed by atoms with Crippen molar-refractivity contribution >= 4 is 61.4 Å². The molecular formula is C50H43N. The summed E-state index contributed by atoms with van der Waals surface area (Å²) in [5.41, 5.74) is 11.8. The van der Waals surface area contributed by atoms with Crippen molar-refractivity contribution in [1.82, 2.24) is 0 Å². The van der Waals surface area contributed by atoms with Crippen LogP contribution in [-0.4, -0.2) is 0 Å². The average Bonchev–Trinajstić information content (AvgIpc) is 3.20. The first kappa shape index (κ1) is 33.3. The van der Waals surface area contributed by atoms with Crippen molar-refractivity contribution in [1.29, 1.82) is 0 Å². The molecule has 0 radical (unpaired) electrons. The SMILES string of the molecule is C=C/C(=C\C=C\c1ccccc1)c1ccc(N(c2ccc(C(/C=C\C)=C/C)cc2)c2cc3ccccc3c3ccccc23)cc1C1=CC=CCC1. The lowest BCUT2D eigenvalue weighted by Crippen LogP contribution is -2.12. The third-order valence-electron chi connectivity index (χ3n) is 9.62. The van der Waals surface area contributed by atoms with Gasteiger partial charge < -0.3 is 4.90 Å². The van der Waals surface area contributed by atoms with Crippen molar-refractivity contribution in [3.8, 4) is 0 Å². The molecule has 0 amide bonds. The van der Waals surface area contributed by atoms with E-state index in [1.807, 2.05) is 12.1 Å². The first-order valence-corrected chi connectivity index (χ1v) is 17.8. The summed E-state index contributed by atoms with van der Waals surface area (Å²) in [7, 11) is 0. The van der Waals surface area contributed by atoms with E-state index in [9.17, 15) is 0 Å². The summed E-state index contributed by atoms with van der Waals surface area (Å²) in [6.45, 7) is 8.41. The Labute approximate surface area is 302 Å². The Kier molecular flexibility index (Phi) is 10.2. The Bertz CT molecular complexity index is 2380. The van der Waals surface area contributed by atoms with E-state index in [2.05, 4.69) is 201 Å². The molecule has 0 unspecified atom stereocenters. The van der Waals surface area contributed by atoms with Crippen LogP contribution in [0.3, 0.4) is 0 Å². The minimum absolute atomic E-state index is 0.988. The van der Waals surface area contributed by atoms with Gasteiger partial charge in [0.2, 0.25) is 0 Å². The first-order chi connectivity index (χ1) is 25.2. The van der Waals surface area contributed by atoms with Gasteiger partial charge in [0.1, 0.15) is 0 Å². The zero-order valence-corrected chi connectivity index (χ0v) is 29.5. The zero-order valence-electron chi connectivity index (χ0n) is 29.5. The normalized spacial score (nSPS) is 13.7. The number of nitrogens with zero attached hydrogens (tertiary/aromatic N) is 1. The van der Waals surface area contributed by atoms with Crippen LogP contribution in [-0.2, 0) is 0 Å². The maximum atomic E-state index is 4.25. The number of rotatable bonds is 10. The molecule has 1 nitrogen and oxygen atoms in total. The van der Waals surface area contributed by atoms with Crippen LogP contribution in [0.5, 0.6) is 0 Å². The molecule has 0 saturated carbocycles. The first-order valence-electron chi connectivity index (χ1n) is 17.8. The highest BCUT2D eigenvalue weighted by atomic mass is 15.1. The molecule has 7 rings (SSSR count). The van der Waals surface area contributed by atoms with Crippen LogP contribution in [0.1, 0.15) is 48.9 Å². The molecule has 0 aliphatic heterocycles. The Morgan fingerprint density at radius 1 is 0.706 bits per heavy atom. The van der Waals surface area contributed by atoms with E-state index in [0.717, 1.165) is 35.5 Å². The molecule has 0 aromatic heterocycles. The highest BCUT2D eigenvalue weighted by molar-refractivity contribution is 6.14. The van der Waals surface area contributed by atoms with E-state index >= 15 is 0 Å². The molecule has 0 saturated heterocycles. The molecular weight excluding hydrogens is 615 g/mol. The predicted octanol–water partition coefficient (Wildman–Crippen LogP) is 14.5. The van der Waals surface area contributed by atoms with Crippen LogP contribution in [0.15, 0.2) is 189 Å². The van der Waals surface area contributed by atoms with Crippen LogP contribution in [0.25, 0.3) is 44.3 Å². The topological polar surface area (TPSA) is 3.24 Å². The van der Waals surface area contributed by atoms with Crippen molar-refractivity contribution < 1.29 is 0 Å². The molecule has 0 spiro atoms. The summed E-state index contributed by atoms with van der Waals surface area (Å²) in [4.78, 5) is 2.43. The zero-order chi connectivity index (χ0) is 35.0. The molecule has 6 aromatic carbocycles. The van der Waals surface area contributed by atoms with Gasteiger partial charge in [0.25, 0.3) is 0 Å². The second-order valence-corrected chi connectivity index (χ2v) is 12.8. The fourth-order valence-electron chi connectivity index (χ4n) is 7.10. The quantitative estimate of drug-likeness (QED) is 0.105. The highest BCUT2D eigenvalue weighted by Crippen LogP contribution is 2.44. The third kappa shape index (κ3) is 7.11. The Hall–Kier alpha value is -6.18. The van der Waals surface area contributed by atoms with Crippen molar-refractivity contribution in [2.45, 2.75) is 26.7 Å². The predicted molar refractivity (Wildman–Crippen MR) is 225 cm³/mol. The van der Waals surface area contributed by atoms with Crippen molar-refractivity contribution in [2.75, 3.05) is 4.90 Å². The lowest BCUT2D eigenvalue weighted by atomic mass is 9.89. The Morgan fingerprint density at radius 3 is 2.16 bits per heavy atom. The van der Waals surface area contributed by atoms with E-state index in [4.69, 9.17) is 0 Å². The summed E-state index contributed by atoms with van der Waals surface area (Å²) in [6.07, 6.45) is 23.6. The van der Waals surface area contributed by atoms with Gasteiger partial charge in [-0.05, 0) is 112 Å². The maximum Gasteiger partial charge on any atom is 0.0546 e. The van der Waals surface area contributed by atoms with E-state index in [-0.39, 0.29) is 0 Å². The molecule has 51 heavy (non-hydrogen) atoms. The number of hydrogen-bond donors (Lipinski definition) is 0.